The molecule has 43 heavy (non-hydrogen) atoms. The first kappa shape index (κ1) is 34.2. The molecule has 0 heterocycles. The van der Waals surface area contributed by atoms with E-state index in [1.54, 1.807) is 31.2 Å². The van der Waals surface area contributed by atoms with Gasteiger partial charge in [-0.05, 0) is 67.8 Å². The largest absolute Gasteiger partial charge is 0.417 e. The van der Waals surface area contributed by atoms with Gasteiger partial charge in [-0.3, -0.25) is 13.9 Å². The normalized spacial score (nSPS) is 12.6. The van der Waals surface area contributed by atoms with E-state index >= 15 is 0 Å². The van der Waals surface area contributed by atoms with E-state index in [1.165, 1.54) is 36.1 Å². The van der Waals surface area contributed by atoms with Crippen molar-refractivity contribution in [1.82, 2.24) is 10.2 Å². The van der Waals surface area contributed by atoms with Gasteiger partial charge < -0.3 is 10.2 Å². The molecule has 3 rings (SSSR count). The maximum absolute atomic E-state index is 13.9. The summed E-state index contributed by atoms with van der Waals surface area (Å²) in [5, 5.41) is 2.58. The lowest BCUT2D eigenvalue weighted by Crippen LogP contribution is -2.51. The predicted octanol–water partition coefficient (Wildman–Crippen LogP) is 6.71. The van der Waals surface area contributed by atoms with Crippen LogP contribution in [-0.2, 0) is 32.3 Å². The zero-order chi connectivity index (χ0) is 32.1. The topological polar surface area (TPSA) is 86.8 Å². The van der Waals surface area contributed by atoms with E-state index in [0.29, 0.717) is 27.5 Å². The highest BCUT2D eigenvalue weighted by molar-refractivity contribution is 7.92. The molecule has 1 N–H and O–H groups in total. The number of sulfonamides is 1. The molecule has 1 unspecified atom stereocenters. The fraction of sp³-hybridized carbons (Fsp3) is 0.333. The van der Waals surface area contributed by atoms with Crippen molar-refractivity contribution < 1.29 is 31.2 Å². The second-order valence-electron chi connectivity index (χ2n) is 10.4. The maximum atomic E-state index is 13.9. The van der Waals surface area contributed by atoms with Crippen LogP contribution < -0.4 is 9.62 Å². The Bertz CT molecular complexity index is 1550. The molecule has 7 nitrogen and oxygen atoms in total. The fourth-order valence-corrected chi connectivity index (χ4v) is 5.83. The molecule has 0 fully saturated rings. The Morgan fingerprint density at radius 2 is 1.53 bits per heavy atom. The highest BCUT2D eigenvalue weighted by atomic mass is 35.5. The average molecular weight is 659 g/mol. The summed E-state index contributed by atoms with van der Waals surface area (Å²) in [4.78, 5) is 27.9. The minimum atomic E-state index is -4.89. The van der Waals surface area contributed by atoms with Crippen molar-refractivity contribution >= 4 is 50.7 Å². The van der Waals surface area contributed by atoms with Crippen molar-refractivity contribution in [2.24, 2.45) is 5.92 Å². The molecule has 0 bridgehead atoms. The number of aryl methyl sites for hydroxylation is 1. The van der Waals surface area contributed by atoms with Gasteiger partial charge in [0.2, 0.25) is 11.8 Å². The van der Waals surface area contributed by atoms with Gasteiger partial charge >= 0.3 is 6.18 Å². The molecule has 0 saturated heterocycles. The number of carbonyl (C=O) groups excluding carboxylic acids is 2. The molecule has 1 atom stereocenters. The van der Waals surface area contributed by atoms with Crippen molar-refractivity contribution in [3.8, 4) is 0 Å². The summed E-state index contributed by atoms with van der Waals surface area (Å²) in [6.45, 7) is 6.38. The lowest BCUT2D eigenvalue weighted by Gasteiger charge is -2.32. The van der Waals surface area contributed by atoms with Gasteiger partial charge in [0.05, 0.1) is 21.2 Å². The number of alkyl halides is 3. The van der Waals surface area contributed by atoms with Crippen LogP contribution in [0.4, 0.5) is 18.9 Å². The molecule has 0 aromatic heterocycles. The number of halogens is 5. The minimum Gasteiger partial charge on any atom is -0.354 e. The summed E-state index contributed by atoms with van der Waals surface area (Å²) in [6.07, 6.45) is -4.89. The van der Waals surface area contributed by atoms with Crippen LogP contribution in [0.5, 0.6) is 0 Å². The van der Waals surface area contributed by atoms with Crippen LogP contribution in [-0.4, -0.2) is 44.3 Å². The van der Waals surface area contributed by atoms with Gasteiger partial charge in [0.1, 0.15) is 12.6 Å². The smallest absolute Gasteiger partial charge is 0.354 e. The van der Waals surface area contributed by atoms with Crippen molar-refractivity contribution in [2.75, 3.05) is 17.4 Å². The Hall–Kier alpha value is -3.28. The van der Waals surface area contributed by atoms with Gasteiger partial charge in [-0.25, -0.2) is 8.42 Å². The lowest BCUT2D eigenvalue weighted by atomic mass is 10.1. The number of nitrogens with one attached hydrogen (secondary N) is 1. The van der Waals surface area contributed by atoms with E-state index in [-0.39, 0.29) is 17.4 Å². The number of benzene rings is 3. The Morgan fingerprint density at radius 3 is 2.09 bits per heavy atom. The van der Waals surface area contributed by atoms with Crippen molar-refractivity contribution in [3.63, 3.8) is 0 Å². The molecule has 13 heteroatoms. The molecule has 0 saturated carbocycles. The predicted molar refractivity (Wildman–Crippen MR) is 161 cm³/mol. The standard InChI is InChI=1S/C30H32Cl2F3N3O4S/c1-19(2)16-36-29(40)21(4)37(17-22-7-9-23(31)10-8-22)28(39)18-38(43(41,42)25-12-5-20(3)6-13-25)24-11-14-27(32)26(15-24)30(33,34)35/h5-15,19,21H,16-18H2,1-4H3,(H,36,40). The molecule has 0 aliphatic rings. The third kappa shape index (κ3) is 8.87. The van der Waals surface area contributed by atoms with Crippen molar-refractivity contribution in [3.05, 3.63) is 93.5 Å². The van der Waals surface area contributed by atoms with Crippen LogP contribution in [0.15, 0.2) is 71.6 Å². The third-order valence-electron chi connectivity index (χ3n) is 6.55. The summed E-state index contributed by atoms with van der Waals surface area (Å²) in [7, 11) is -4.56. The molecule has 2 amide bonds. The number of nitrogens with zero attached hydrogens (tertiary/aromatic N) is 2. The molecule has 0 spiro atoms. The van der Waals surface area contributed by atoms with Crippen molar-refractivity contribution in [1.29, 1.82) is 0 Å². The lowest BCUT2D eigenvalue weighted by molar-refractivity contribution is -0.139. The zero-order valence-electron chi connectivity index (χ0n) is 24.0. The van der Waals surface area contributed by atoms with Crippen LogP contribution in [0, 0.1) is 12.8 Å². The van der Waals surface area contributed by atoms with Gasteiger partial charge in [0, 0.05) is 18.1 Å². The molecular formula is C30H32Cl2F3N3O4S. The zero-order valence-corrected chi connectivity index (χ0v) is 26.3. The Morgan fingerprint density at radius 1 is 0.930 bits per heavy atom. The summed E-state index contributed by atoms with van der Waals surface area (Å²) in [5.74, 6) is -1.17. The van der Waals surface area contributed by atoms with Crippen LogP contribution in [0.1, 0.15) is 37.5 Å². The molecule has 3 aromatic carbocycles. The number of anilines is 1. The number of hydrogen-bond donors (Lipinski definition) is 1. The molecule has 0 aliphatic carbocycles. The summed E-state index contributed by atoms with van der Waals surface area (Å²) in [5.41, 5.74) is -0.334. The first-order chi connectivity index (χ1) is 20.0. The van der Waals surface area contributed by atoms with E-state index in [0.717, 1.165) is 17.7 Å². The molecule has 0 radical (unpaired) electrons. The highest BCUT2D eigenvalue weighted by Crippen LogP contribution is 2.38. The Kier molecular flexibility index (Phi) is 11.1. The first-order valence-corrected chi connectivity index (χ1v) is 15.5. The number of carbonyl (C=O) groups is 2. The van der Waals surface area contributed by atoms with Crippen LogP contribution >= 0.6 is 23.2 Å². The van der Waals surface area contributed by atoms with Crippen LogP contribution in [0.3, 0.4) is 0 Å². The fourth-order valence-electron chi connectivity index (χ4n) is 4.07. The van der Waals surface area contributed by atoms with Crippen molar-refractivity contribution in [2.45, 2.75) is 51.4 Å². The number of hydrogen-bond acceptors (Lipinski definition) is 4. The van der Waals surface area contributed by atoms with E-state index in [9.17, 15) is 31.2 Å². The van der Waals surface area contributed by atoms with Gasteiger partial charge in [0.15, 0.2) is 0 Å². The third-order valence-corrected chi connectivity index (χ3v) is 8.92. The molecule has 0 aliphatic heterocycles. The Labute approximate surface area is 259 Å². The van der Waals surface area contributed by atoms with E-state index in [1.807, 2.05) is 13.8 Å². The van der Waals surface area contributed by atoms with Gasteiger partial charge in [-0.15, -0.1) is 0 Å². The van der Waals surface area contributed by atoms with E-state index in [4.69, 9.17) is 23.2 Å². The van der Waals surface area contributed by atoms with E-state index < -0.39 is 56.9 Å². The molecular weight excluding hydrogens is 626 g/mol. The van der Waals surface area contributed by atoms with E-state index in [2.05, 4.69) is 5.32 Å². The number of rotatable bonds is 11. The maximum Gasteiger partial charge on any atom is 0.417 e. The summed E-state index contributed by atoms with van der Waals surface area (Å²) in [6, 6.07) is 13.7. The first-order valence-electron chi connectivity index (χ1n) is 13.3. The quantitative estimate of drug-likeness (QED) is 0.248. The van der Waals surface area contributed by atoms with Crippen LogP contribution in [0.2, 0.25) is 10.0 Å². The molecule has 3 aromatic rings. The summed E-state index contributed by atoms with van der Waals surface area (Å²) >= 11 is 11.8. The number of amides is 2. The second-order valence-corrected chi connectivity index (χ2v) is 13.2. The summed E-state index contributed by atoms with van der Waals surface area (Å²) < 4.78 is 69.6. The highest BCUT2D eigenvalue weighted by Gasteiger charge is 2.37. The van der Waals surface area contributed by atoms with Crippen LogP contribution in [0.25, 0.3) is 0 Å². The van der Waals surface area contributed by atoms with Gasteiger partial charge in [-0.2, -0.15) is 13.2 Å². The molecule has 232 valence electrons. The van der Waals surface area contributed by atoms with Gasteiger partial charge in [0.25, 0.3) is 10.0 Å². The monoisotopic (exact) mass is 657 g/mol. The Balaban J connectivity index is 2.10. The van der Waals surface area contributed by atoms with Gasteiger partial charge in [-0.1, -0.05) is 66.9 Å². The minimum absolute atomic E-state index is 0.0981. The average Bonchev–Trinajstić information content (AvgIpc) is 2.93. The SMILES string of the molecule is Cc1ccc(S(=O)(=O)N(CC(=O)N(Cc2ccc(Cl)cc2)C(C)C(=O)NCC(C)C)c2ccc(Cl)c(C(F)(F)F)c2)cc1. The second kappa shape index (κ2) is 14.0.